The second kappa shape index (κ2) is 12.0. The highest BCUT2D eigenvalue weighted by Crippen LogP contribution is 2.36. The van der Waals surface area contributed by atoms with E-state index in [2.05, 4.69) is 40.6 Å². The van der Waals surface area contributed by atoms with Crippen LogP contribution in [-0.4, -0.2) is 45.7 Å². The molecule has 0 radical (unpaired) electrons. The molecule has 8 nitrogen and oxygen atoms in total. The molecule has 0 aliphatic carbocycles. The van der Waals surface area contributed by atoms with Gasteiger partial charge in [-0.1, -0.05) is 89.1 Å². The summed E-state index contributed by atoms with van der Waals surface area (Å²) in [4.78, 5) is 25.9. The lowest BCUT2D eigenvalue weighted by atomic mass is 9.96. The van der Waals surface area contributed by atoms with Crippen LogP contribution in [0.25, 0.3) is 32.8 Å². The minimum atomic E-state index is -0.701. The lowest BCUT2D eigenvalue weighted by Gasteiger charge is -2.19. The minimum Gasteiger partial charge on any atom is -0.459 e. The number of hydrogen-bond donors (Lipinski definition) is 0. The molecule has 7 rings (SSSR count). The lowest BCUT2D eigenvalue weighted by molar-refractivity contribution is -0.0604. The number of carbonyl (C=O) groups is 2. The van der Waals surface area contributed by atoms with Gasteiger partial charge in [0.2, 0.25) is 0 Å². The standard InChI is InChI=1S/C37H31N3O5/c1-23-11-15-25(16-12-23)36(41)43-22-34-33(45-37(42)26-17-13-24(2)14-18-26)20-35(44-34)40-21-32(38-39-40)31-19-27-7-3-4-8-28(27)29-9-5-6-10-30(29)31/h3-19,21,33-35H,20,22H2,1-2H3/t33-,34+,35+/m0/s1. The quantitative estimate of drug-likeness (QED) is 0.142. The van der Waals surface area contributed by atoms with Crippen LogP contribution in [0.3, 0.4) is 0 Å². The van der Waals surface area contributed by atoms with Crippen LogP contribution >= 0.6 is 0 Å². The molecule has 1 saturated heterocycles. The van der Waals surface area contributed by atoms with E-state index in [1.165, 1.54) is 5.39 Å². The van der Waals surface area contributed by atoms with Gasteiger partial charge in [0.15, 0.2) is 6.23 Å². The largest absolute Gasteiger partial charge is 0.459 e. The van der Waals surface area contributed by atoms with Crippen molar-refractivity contribution in [3.8, 4) is 11.3 Å². The van der Waals surface area contributed by atoms with Crippen molar-refractivity contribution in [2.75, 3.05) is 6.61 Å². The monoisotopic (exact) mass is 597 g/mol. The molecular weight excluding hydrogens is 566 g/mol. The summed E-state index contributed by atoms with van der Waals surface area (Å²) in [6.07, 6.45) is 0.195. The van der Waals surface area contributed by atoms with Gasteiger partial charge in [-0.25, -0.2) is 14.3 Å². The fraction of sp³-hybridized carbons (Fsp3) is 0.189. The molecule has 2 heterocycles. The van der Waals surface area contributed by atoms with Crippen LogP contribution in [0.1, 0.15) is 44.5 Å². The van der Waals surface area contributed by atoms with Crippen LogP contribution < -0.4 is 0 Å². The summed E-state index contributed by atoms with van der Waals surface area (Å²) < 4.78 is 19.5. The Bertz CT molecular complexity index is 2020. The van der Waals surface area contributed by atoms with Gasteiger partial charge in [-0.15, -0.1) is 5.10 Å². The average molecular weight is 598 g/mol. The van der Waals surface area contributed by atoms with Crippen LogP contribution in [0.5, 0.6) is 0 Å². The van der Waals surface area contributed by atoms with Crippen LogP contribution in [-0.2, 0) is 14.2 Å². The molecular formula is C37H31N3O5. The van der Waals surface area contributed by atoms with Gasteiger partial charge in [-0.2, -0.15) is 0 Å². The third-order valence-electron chi connectivity index (χ3n) is 8.24. The van der Waals surface area contributed by atoms with Crippen molar-refractivity contribution in [1.82, 2.24) is 15.0 Å². The van der Waals surface area contributed by atoms with Crippen LogP contribution in [0.15, 0.2) is 109 Å². The molecule has 45 heavy (non-hydrogen) atoms. The van der Waals surface area contributed by atoms with Gasteiger partial charge >= 0.3 is 11.9 Å². The fourth-order valence-electron chi connectivity index (χ4n) is 5.77. The first kappa shape index (κ1) is 28.4. The van der Waals surface area contributed by atoms with E-state index in [4.69, 9.17) is 14.2 Å². The second-order valence-electron chi connectivity index (χ2n) is 11.4. The van der Waals surface area contributed by atoms with Crippen LogP contribution in [0, 0.1) is 13.8 Å². The molecule has 8 heteroatoms. The van der Waals surface area contributed by atoms with E-state index in [9.17, 15) is 9.59 Å². The molecule has 0 spiro atoms. The zero-order chi connectivity index (χ0) is 30.9. The molecule has 0 saturated carbocycles. The number of aromatic nitrogens is 3. The number of esters is 2. The van der Waals surface area contributed by atoms with Gasteiger partial charge in [0, 0.05) is 12.0 Å². The summed E-state index contributed by atoms with van der Waals surface area (Å²) >= 11 is 0. The molecule has 6 aromatic rings. The molecule has 0 bridgehead atoms. The van der Waals surface area contributed by atoms with Gasteiger partial charge < -0.3 is 14.2 Å². The molecule has 1 aliphatic heterocycles. The number of nitrogens with zero attached hydrogens (tertiary/aromatic N) is 3. The topological polar surface area (TPSA) is 92.5 Å². The van der Waals surface area contributed by atoms with E-state index in [0.717, 1.165) is 32.8 Å². The number of benzene rings is 5. The lowest BCUT2D eigenvalue weighted by Crippen LogP contribution is -2.32. The summed E-state index contributed by atoms with van der Waals surface area (Å²) in [6, 6.07) is 33.0. The summed E-state index contributed by atoms with van der Waals surface area (Å²) in [5.74, 6) is -0.946. The number of fused-ring (bicyclic) bond motifs is 3. The number of carbonyl (C=O) groups excluding carboxylic acids is 2. The molecule has 5 aromatic carbocycles. The van der Waals surface area contributed by atoms with Gasteiger partial charge in [-0.3, -0.25) is 0 Å². The molecule has 1 aromatic heterocycles. The second-order valence-corrected chi connectivity index (χ2v) is 11.4. The number of hydrogen-bond acceptors (Lipinski definition) is 7. The Labute approximate surface area is 260 Å². The van der Waals surface area contributed by atoms with Crippen LogP contribution in [0.4, 0.5) is 0 Å². The van der Waals surface area contributed by atoms with E-state index in [1.54, 1.807) is 28.9 Å². The van der Waals surface area contributed by atoms with E-state index < -0.39 is 30.4 Å². The third-order valence-corrected chi connectivity index (χ3v) is 8.24. The Balaban J connectivity index is 1.15. The zero-order valence-electron chi connectivity index (χ0n) is 24.9. The Morgan fingerprint density at radius 2 is 1.42 bits per heavy atom. The molecule has 0 N–H and O–H groups in total. The van der Waals surface area contributed by atoms with E-state index in [-0.39, 0.29) is 6.61 Å². The van der Waals surface area contributed by atoms with Gasteiger partial charge in [0.05, 0.1) is 17.3 Å². The average Bonchev–Trinajstić information content (AvgIpc) is 3.71. The Kier molecular flexibility index (Phi) is 7.57. The molecule has 0 amide bonds. The first-order valence-corrected chi connectivity index (χ1v) is 14.9. The summed E-state index contributed by atoms with van der Waals surface area (Å²) in [6.45, 7) is 3.81. The number of ether oxygens (including phenoxy) is 3. The van der Waals surface area contributed by atoms with Crippen molar-refractivity contribution in [2.45, 2.75) is 38.7 Å². The van der Waals surface area contributed by atoms with Gasteiger partial charge in [-0.05, 0) is 65.7 Å². The van der Waals surface area contributed by atoms with Gasteiger partial charge in [0.25, 0.3) is 0 Å². The van der Waals surface area contributed by atoms with E-state index in [1.807, 2.05) is 68.6 Å². The fourth-order valence-corrected chi connectivity index (χ4v) is 5.77. The first-order chi connectivity index (χ1) is 21.9. The molecule has 0 unspecified atom stereocenters. The number of rotatable bonds is 7. The maximum atomic E-state index is 13.1. The minimum absolute atomic E-state index is 0.0913. The zero-order valence-corrected chi connectivity index (χ0v) is 24.9. The SMILES string of the molecule is Cc1ccc(C(=O)OC[C@H]2O[C@@H](n3cc(-c4cc5ccccc5c5ccccc45)nn3)C[C@@H]2OC(=O)c2ccc(C)cc2)cc1. The Morgan fingerprint density at radius 1 is 0.800 bits per heavy atom. The van der Waals surface area contributed by atoms with Crippen LogP contribution in [0.2, 0.25) is 0 Å². The highest BCUT2D eigenvalue weighted by atomic mass is 16.6. The van der Waals surface area contributed by atoms with Crippen molar-refractivity contribution < 1.29 is 23.8 Å². The van der Waals surface area contributed by atoms with Crippen molar-refractivity contribution in [1.29, 1.82) is 0 Å². The Hall–Kier alpha value is -5.34. The normalized spacial score (nSPS) is 17.9. The predicted molar refractivity (Wildman–Crippen MR) is 171 cm³/mol. The molecule has 1 fully saturated rings. The third kappa shape index (κ3) is 5.80. The van der Waals surface area contributed by atoms with Crippen molar-refractivity contribution in [2.24, 2.45) is 0 Å². The maximum absolute atomic E-state index is 13.1. The highest BCUT2D eigenvalue weighted by molar-refractivity contribution is 6.13. The van der Waals surface area contributed by atoms with E-state index >= 15 is 0 Å². The molecule has 3 atom stereocenters. The first-order valence-electron chi connectivity index (χ1n) is 14.9. The summed E-state index contributed by atoms with van der Waals surface area (Å²) in [5, 5.41) is 13.4. The molecule has 1 aliphatic rings. The summed E-state index contributed by atoms with van der Waals surface area (Å²) in [5.41, 5.74) is 4.61. The number of aryl methyl sites for hydroxylation is 2. The predicted octanol–water partition coefficient (Wildman–Crippen LogP) is 7.24. The summed E-state index contributed by atoms with van der Waals surface area (Å²) in [7, 11) is 0. The maximum Gasteiger partial charge on any atom is 0.338 e. The Morgan fingerprint density at radius 3 is 2.13 bits per heavy atom. The van der Waals surface area contributed by atoms with E-state index in [0.29, 0.717) is 23.2 Å². The van der Waals surface area contributed by atoms with Crippen molar-refractivity contribution in [3.05, 3.63) is 132 Å². The van der Waals surface area contributed by atoms with Crippen molar-refractivity contribution in [3.63, 3.8) is 0 Å². The smallest absolute Gasteiger partial charge is 0.338 e. The highest BCUT2D eigenvalue weighted by Gasteiger charge is 2.40. The molecule has 224 valence electrons. The van der Waals surface area contributed by atoms with Gasteiger partial charge in [0.1, 0.15) is 24.5 Å². The van der Waals surface area contributed by atoms with Crippen molar-refractivity contribution >= 4 is 33.5 Å².